The Bertz CT molecular complexity index is 1400. The van der Waals surface area contributed by atoms with E-state index >= 15 is 4.39 Å². The van der Waals surface area contributed by atoms with E-state index in [1.165, 1.54) is 53.4 Å². The first-order valence-electron chi connectivity index (χ1n) is 11.1. The van der Waals surface area contributed by atoms with E-state index in [9.17, 15) is 24.2 Å². The zero-order valence-electron chi connectivity index (χ0n) is 19.4. The van der Waals surface area contributed by atoms with Crippen LogP contribution < -0.4 is 10.2 Å². The monoisotopic (exact) mass is 568 g/mol. The summed E-state index contributed by atoms with van der Waals surface area (Å²) in [6.07, 6.45) is -0.320. The van der Waals surface area contributed by atoms with Crippen LogP contribution in [0.25, 0.3) is 0 Å². The van der Waals surface area contributed by atoms with E-state index in [1.54, 1.807) is 0 Å². The maximum atomic E-state index is 15.6. The molecule has 3 aromatic carbocycles. The molecule has 37 heavy (non-hydrogen) atoms. The van der Waals surface area contributed by atoms with E-state index in [4.69, 9.17) is 34.8 Å². The van der Waals surface area contributed by atoms with Crippen LogP contribution >= 0.6 is 34.8 Å². The first kappa shape index (κ1) is 27.3. The molecule has 1 heterocycles. The number of alkyl halides is 1. The second-order valence-corrected chi connectivity index (χ2v) is 10.1. The summed E-state index contributed by atoms with van der Waals surface area (Å²) < 4.78 is 30.5. The molecule has 11 heteroatoms. The Hall–Kier alpha value is -2.75. The highest BCUT2D eigenvalue weighted by molar-refractivity contribution is 6.36. The van der Waals surface area contributed by atoms with Crippen molar-refractivity contribution in [2.45, 2.75) is 24.6 Å². The summed E-state index contributed by atoms with van der Waals surface area (Å²) in [5.41, 5.74) is -4.83. The van der Waals surface area contributed by atoms with Gasteiger partial charge < -0.3 is 20.4 Å². The third-order valence-corrected chi connectivity index (χ3v) is 7.27. The highest BCUT2D eigenvalue weighted by Gasteiger charge is 2.52. The minimum absolute atomic E-state index is 0.0409. The number of halogens is 5. The number of amides is 2. The smallest absolute Gasteiger partial charge is 0.258 e. The molecular formula is C26H21Cl3F2N2O4. The van der Waals surface area contributed by atoms with Gasteiger partial charge in [0.2, 0.25) is 0 Å². The van der Waals surface area contributed by atoms with Crippen LogP contribution in [-0.2, 0) is 5.60 Å². The Morgan fingerprint density at radius 2 is 1.73 bits per heavy atom. The lowest BCUT2D eigenvalue weighted by Gasteiger charge is -2.37. The Balaban J connectivity index is 1.66. The van der Waals surface area contributed by atoms with Crippen molar-refractivity contribution in [1.29, 1.82) is 0 Å². The van der Waals surface area contributed by atoms with Gasteiger partial charge in [-0.05, 0) is 61.5 Å². The number of fused-ring (bicyclic) bond motifs is 1. The maximum Gasteiger partial charge on any atom is 0.258 e. The number of carbonyl (C=O) groups is 2. The van der Waals surface area contributed by atoms with Crippen LogP contribution in [0.15, 0.2) is 54.6 Å². The number of nitrogens with one attached hydrogen (secondary N) is 1. The number of nitrogens with zero attached hydrogens (tertiary/aromatic N) is 1. The minimum atomic E-state index is -2.33. The number of hydrogen-bond acceptors (Lipinski definition) is 4. The Morgan fingerprint density at radius 1 is 1.05 bits per heavy atom. The van der Waals surface area contributed by atoms with Gasteiger partial charge in [-0.15, -0.1) is 0 Å². The van der Waals surface area contributed by atoms with Gasteiger partial charge in [-0.25, -0.2) is 8.78 Å². The summed E-state index contributed by atoms with van der Waals surface area (Å²) in [5.74, 6) is -2.28. The first-order valence-corrected chi connectivity index (χ1v) is 12.2. The Kier molecular flexibility index (Phi) is 7.52. The molecule has 0 aliphatic carbocycles. The molecule has 2 amide bonds. The zero-order valence-corrected chi connectivity index (χ0v) is 21.6. The third-order valence-electron chi connectivity index (χ3n) is 6.47. The molecule has 3 N–H and O–H groups in total. The van der Waals surface area contributed by atoms with Gasteiger partial charge in [0.15, 0.2) is 0 Å². The molecule has 0 fully saturated rings. The summed E-state index contributed by atoms with van der Waals surface area (Å²) >= 11 is 18.0. The fourth-order valence-corrected chi connectivity index (χ4v) is 4.78. The summed E-state index contributed by atoms with van der Waals surface area (Å²) in [4.78, 5) is 27.2. The molecule has 0 saturated heterocycles. The van der Waals surface area contributed by atoms with Crippen LogP contribution in [0, 0.1) is 5.82 Å². The van der Waals surface area contributed by atoms with Crippen molar-refractivity contribution in [2.75, 3.05) is 23.4 Å². The van der Waals surface area contributed by atoms with Crippen LogP contribution in [0.5, 0.6) is 0 Å². The number of anilines is 2. The molecule has 0 aromatic heterocycles. The van der Waals surface area contributed by atoms with Crippen LogP contribution in [-0.4, -0.2) is 40.8 Å². The van der Waals surface area contributed by atoms with E-state index in [1.807, 2.05) is 0 Å². The van der Waals surface area contributed by atoms with Crippen LogP contribution in [0.3, 0.4) is 0 Å². The SMILES string of the molecule is CC1(F)CCN(C(=O)c2ccc(NC(=O)c3cc(Cl)ccc3Cl)c(F)c2)c2ccc(Cl)cc2[C@@]1(O)CO. The van der Waals surface area contributed by atoms with Crippen molar-refractivity contribution in [2.24, 2.45) is 0 Å². The summed E-state index contributed by atoms with van der Waals surface area (Å²) in [5, 5.41) is 24.0. The van der Waals surface area contributed by atoms with Crippen molar-refractivity contribution in [3.8, 4) is 0 Å². The molecule has 6 nitrogen and oxygen atoms in total. The molecule has 0 bridgehead atoms. The second-order valence-electron chi connectivity index (χ2n) is 8.86. The lowest BCUT2D eigenvalue weighted by molar-refractivity contribution is -0.130. The van der Waals surface area contributed by atoms with Gasteiger partial charge in [-0.1, -0.05) is 34.8 Å². The quantitative estimate of drug-likeness (QED) is 0.360. The number of rotatable bonds is 4. The molecule has 1 unspecified atom stereocenters. The van der Waals surface area contributed by atoms with Crippen molar-refractivity contribution in [3.63, 3.8) is 0 Å². The van der Waals surface area contributed by atoms with E-state index in [-0.39, 0.29) is 56.1 Å². The normalized spacial score (nSPS) is 21.2. The molecular weight excluding hydrogens is 549 g/mol. The van der Waals surface area contributed by atoms with Crippen molar-refractivity contribution < 1.29 is 28.6 Å². The Labute approximate surface area is 226 Å². The van der Waals surface area contributed by atoms with E-state index in [0.717, 1.165) is 13.0 Å². The van der Waals surface area contributed by atoms with Gasteiger partial charge >= 0.3 is 0 Å². The first-order chi connectivity index (χ1) is 17.4. The number of aliphatic hydroxyl groups is 2. The maximum absolute atomic E-state index is 15.6. The number of benzene rings is 3. The molecule has 0 spiro atoms. The topological polar surface area (TPSA) is 89.9 Å². The van der Waals surface area contributed by atoms with E-state index in [0.29, 0.717) is 0 Å². The predicted octanol–water partition coefficient (Wildman–Crippen LogP) is 6.00. The van der Waals surface area contributed by atoms with Crippen molar-refractivity contribution >= 4 is 58.0 Å². The fraction of sp³-hybridized carbons (Fsp3) is 0.231. The third kappa shape index (κ3) is 5.04. The Morgan fingerprint density at radius 3 is 2.41 bits per heavy atom. The summed E-state index contributed by atoms with van der Waals surface area (Å²) in [6, 6.07) is 11.9. The average molecular weight is 570 g/mol. The summed E-state index contributed by atoms with van der Waals surface area (Å²) in [6.45, 7) is 0.0103. The molecule has 1 aliphatic heterocycles. The number of hydrogen-bond donors (Lipinski definition) is 3. The largest absolute Gasteiger partial charge is 0.393 e. The fourth-order valence-electron chi connectivity index (χ4n) is 4.23. The van der Waals surface area contributed by atoms with E-state index in [2.05, 4.69) is 5.32 Å². The number of aliphatic hydroxyl groups excluding tert-OH is 1. The van der Waals surface area contributed by atoms with Crippen molar-refractivity contribution in [3.05, 3.63) is 92.2 Å². The van der Waals surface area contributed by atoms with Gasteiger partial charge in [-0.2, -0.15) is 0 Å². The average Bonchev–Trinajstić information content (AvgIpc) is 2.94. The van der Waals surface area contributed by atoms with Crippen molar-refractivity contribution in [1.82, 2.24) is 0 Å². The molecule has 194 valence electrons. The van der Waals surface area contributed by atoms with Gasteiger partial charge in [0, 0.05) is 34.1 Å². The van der Waals surface area contributed by atoms with E-state index < -0.39 is 35.5 Å². The molecule has 2 atom stereocenters. The lowest BCUT2D eigenvalue weighted by atomic mass is 9.79. The zero-order chi connectivity index (χ0) is 27.1. The van der Waals surface area contributed by atoms with Gasteiger partial charge in [0.05, 0.1) is 28.6 Å². The highest BCUT2D eigenvalue weighted by atomic mass is 35.5. The van der Waals surface area contributed by atoms with Crippen LogP contribution in [0.1, 0.15) is 39.6 Å². The summed E-state index contributed by atoms with van der Waals surface area (Å²) in [7, 11) is 0. The minimum Gasteiger partial charge on any atom is -0.393 e. The van der Waals surface area contributed by atoms with Gasteiger partial charge in [0.1, 0.15) is 17.1 Å². The van der Waals surface area contributed by atoms with Gasteiger partial charge in [0.25, 0.3) is 11.8 Å². The molecule has 0 saturated carbocycles. The predicted molar refractivity (Wildman–Crippen MR) is 139 cm³/mol. The molecule has 3 aromatic rings. The second kappa shape index (κ2) is 10.2. The van der Waals surface area contributed by atoms with Crippen LogP contribution in [0.2, 0.25) is 15.1 Å². The molecule has 4 rings (SSSR count). The molecule has 0 radical (unpaired) electrons. The van der Waals surface area contributed by atoms with Crippen LogP contribution in [0.4, 0.5) is 20.2 Å². The number of carbonyl (C=O) groups excluding carboxylic acids is 2. The highest BCUT2D eigenvalue weighted by Crippen LogP contribution is 2.46. The standard InChI is InChI=1S/C26H21Cl3F2N2O4/c1-25(31)8-9-33(22-7-4-16(28)12-18(22)26(25,37)13-34)24(36)14-2-6-21(20(30)10-14)32-23(35)17-11-15(27)3-5-19(17)29/h2-7,10-12,34,37H,8-9,13H2,1H3,(H,32,35)/t25?,26-/m0/s1. The lowest BCUT2D eigenvalue weighted by Crippen LogP contribution is -2.49. The van der Waals surface area contributed by atoms with Gasteiger partial charge in [-0.3, -0.25) is 9.59 Å². The molecule has 1 aliphatic rings.